The molecule has 1 aliphatic carbocycles. The molecule has 1 atom stereocenters. The Kier molecular flexibility index (Phi) is 3.51. The standard InChI is InChI=1S/C14H14F2N6S/c1-8(23-14-18-19-20-22(14)9-6-7-9)12-17-10-4-2-3-5-11(10)21(12)13(15)16/h2-5,8-9,13H,6-7H2,1H3. The van der Waals surface area contributed by atoms with Crippen molar-refractivity contribution >= 4 is 22.8 Å². The third-order valence-electron chi connectivity index (χ3n) is 3.82. The quantitative estimate of drug-likeness (QED) is 0.666. The number of hydrogen-bond acceptors (Lipinski definition) is 5. The molecule has 1 aromatic carbocycles. The SMILES string of the molecule is CC(Sc1nnnn1C1CC1)c1nc2ccccc2n1C(F)F. The lowest BCUT2D eigenvalue weighted by Gasteiger charge is -2.13. The van der Waals surface area contributed by atoms with Gasteiger partial charge in [0.15, 0.2) is 0 Å². The van der Waals surface area contributed by atoms with Crippen molar-refractivity contribution in [2.75, 3.05) is 0 Å². The van der Waals surface area contributed by atoms with Crippen molar-refractivity contribution in [3.8, 4) is 0 Å². The number of alkyl halides is 2. The van der Waals surface area contributed by atoms with Crippen LogP contribution >= 0.6 is 11.8 Å². The summed E-state index contributed by atoms with van der Waals surface area (Å²) in [6, 6.07) is 7.26. The van der Waals surface area contributed by atoms with E-state index in [1.54, 1.807) is 28.9 Å². The van der Waals surface area contributed by atoms with Gasteiger partial charge in [-0.3, -0.25) is 4.57 Å². The second-order valence-corrected chi connectivity index (χ2v) is 6.81. The van der Waals surface area contributed by atoms with Crippen LogP contribution in [-0.2, 0) is 0 Å². The zero-order valence-corrected chi connectivity index (χ0v) is 13.1. The average Bonchev–Trinajstić information content (AvgIpc) is 3.14. The fraction of sp³-hybridized carbons (Fsp3) is 0.429. The Hall–Kier alpha value is -2.03. The molecule has 3 aromatic rings. The number of nitrogens with zero attached hydrogens (tertiary/aromatic N) is 6. The number of para-hydroxylation sites is 2. The summed E-state index contributed by atoms with van der Waals surface area (Å²) in [5.74, 6) is 0.330. The predicted molar refractivity (Wildman–Crippen MR) is 81.3 cm³/mol. The molecule has 9 heteroatoms. The van der Waals surface area contributed by atoms with Gasteiger partial charge in [-0.1, -0.05) is 23.9 Å². The van der Waals surface area contributed by atoms with Gasteiger partial charge < -0.3 is 0 Å². The number of rotatable bonds is 5. The highest BCUT2D eigenvalue weighted by atomic mass is 32.2. The van der Waals surface area contributed by atoms with Crippen molar-refractivity contribution < 1.29 is 8.78 Å². The van der Waals surface area contributed by atoms with Gasteiger partial charge in [-0.25, -0.2) is 9.67 Å². The molecule has 1 fully saturated rings. The van der Waals surface area contributed by atoms with Crippen LogP contribution in [0.2, 0.25) is 0 Å². The fourth-order valence-electron chi connectivity index (χ4n) is 2.58. The zero-order valence-electron chi connectivity index (χ0n) is 12.3. The maximum Gasteiger partial charge on any atom is 0.320 e. The molecule has 0 spiro atoms. The molecule has 0 amide bonds. The maximum atomic E-state index is 13.5. The van der Waals surface area contributed by atoms with Gasteiger partial charge in [-0.05, 0) is 42.3 Å². The topological polar surface area (TPSA) is 61.4 Å². The summed E-state index contributed by atoms with van der Waals surface area (Å²) in [4.78, 5) is 4.39. The second kappa shape index (κ2) is 5.55. The van der Waals surface area contributed by atoms with E-state index in [-0.39, 0.29) is 5.25 Å². The van der Waals surface area contributed by atoms with Crippen molar-refractivity contribution in [2.24, 2.45) is 0 Å². The van der Waals surface area contributed by atoms with E-state index < -0.39 is 6.55 Å². The largest absolute Gasteiger partial charge is 0.320 e. The molecule has 1 saturated carbocycles. The van der Waals surface area contributed by atoms with Crippen molar-refractivity contribution in [3.63, 3.8) is 0 Å². The average molecular weight is 336 g/mol. The van der Waals surface area contributed by atoms with Crippen LogP contribution in [0.4, 0.5) is 8.78 Å². The van der Waals surface area contributed by atoms with Crippen LogP contribution in [0.15, 0.2) is 29.4 Å². The van der Waals surface area contributed by atoms with Crippen LogP contribution in [0, 0.1) is 0 Å². The number of hydrogen-bond donors (Lipinski definition) is 0. The summed E-state index contributed by atoms with van der Waals surface area (Å²) in [7, 11) is 0. The van der Waals surface area contributed by atoms with Crippen molar-refractivity contribution in [2.45, 2.75) is 42.8 Å². The molecular formula is C14H14F2N6S. The minimum atomic E-state index is -2.64. The Labute approximate surface area is 134 Å². The summed E-state index contributed by atoms with van der Waals surface area (Å²) in [6.07, 6.45) is 2.12. The molecule has 0 saturated heterocycles. The molecule has 0 bridgehead atoms. The zero-order chi connectivity index (χ0) is 16.0. The number of benzene rings is 1. The van der Waals surface area contributed by atoms with Gasteiger partial charge in [-0.15, -0.1) is 5.10 Å². The van der Waals surface area contributed by atoms with E-state index in [1.165, 1.54) is 11.8 Å². The number of fused-ring (bicyclic) bond motifs is 1. The Morgan fingerprint density at radius 2 is 2.04 bits per heavy atom. The lowest BCUT2D eigenvalue weighted by atomic mass is 10.3. The van der Waals surface area contributed by atoms with Gasteiger partial charge in [0.05, 0.1) is 22.3 Å². The van der Waals surface area contributed by atoms with Crippen LogP contribution in [-0.4, -0.2) is 29.8 Å². The molecule has 0 N–H and O–H groups in total. The lowest BCUT2D eigenvalue weighted by Crippen LogP contribution is -2.07. The van der Waals surface area contributed by atoms with Gasteiger partial charge in [0.2, 0.25) is 5.16 Å². The van der Waals surface area contributed by atoms with E-state index in [0.717, 1.165) is 17.4 Å². The Balaban J connectivity index is 1.70. The number of aromatic nitrogens is 6. The van der Waals surface area contributed by atoms with Crippen LogP contribution in [0.3, 0.4) is 0 Å². The molecule has 120 valence electrons. The molecular weight excluding hydrogens is 322 g/mol. The van der Waals surface area contributed by atoms with Gasteiger partial charge in [0.25, 0.3) is 0 Å². The highest BCUT2D eigenvalue weighted by Gasteiger charge is 2.30. The maximum absolute atomic E-state index is 13.5. The molecule has 1 unspecified atom stereocenters. The van der Waals surface area contributed by atoms with Crippen LogP contribution < -0.4 is 0 Å². The molecule has 23 heavy (non-hydrogen) atoms. The van der Waals surface area contributed by atoms with Crippen LogP contribution in [0.1, 0.15) is 43.4 Å². The fourth-order valence-corrected chi connectivity index (χ4v) is 3.54. The van der Waals surface area contributed by atoms with E-state index in [9.17, 15) is 8.78 Å². The molecule has 2 heterocycles. The van der Waals surface area contributed by atoms with Gasteiger partial charge in [0, 0.05) is 0 Å². The summed E-state index contributed by atoms with van der Waals surface area (Å²) >= 11 is 1.36. The van der Waals surface area contributed by atoms with Gasteiger partial charge in [-0.2, -0.15) is 8.78 Å². The molecule has 1 aliphatic rings. The first-order valence-corrected chi connectivity index (χ1v) is 8.22. The second-order valence-electron chi connectivity index (χ2n) is 5.50. The van der Waals surface area contributed by atoms with Crippen LogP contribution in [0.25, 0.3) is 11.0 Å². The first kappa shape index (κ1) is 14.6. The van der Waals surface area contributed by atoms with Crippen molar-refractivity contribution in [1.82, 2.24) is 29.8 Å². The Morgan fingerprint density at radius 1 is 1.26 bits per heavy atom. The number of thioether (sulfide) groups is 1. The minimum Gasteiger partial charge on any atom is -0.269 e. The third kappa shape index (κ3) is 2.58. The predicted octanol–water partition coefficient (Wildman–Crippen LogP) is 3.61. The molecule has 0 aliphatic heterocycles. The third-order valence-corrected chi connectivity index (χ3v) is 4.86. The lowest BCUT2D eigenvalue weighted by molar-refractivity contribution is 0.0715. The normalized spacial score (nSPS) is 16.3. The van der Waals surface area contributed by atoms with Crippen LogP contribution in [0.5, 0.6) is 0 Å². The van der Waals surface area contributed by atoms with E-state index in [1.807, 2.05) is 6.92 Å². The number of halogens is 2. The van der Waals surface area contributed by atoms with Crippen molar-refractivity contribution in [1.29, 1.82) is 0 Å². The van der Waals surface area contributed by atoms with Gasteiger partial charge >= 0.3 is 6.55 Å². The highest BCUT2D eigenvalue weighted by molar-refractivity contribution is 7.99. The van der Waals surface area contributed by atoms with E-state index in [0.29, 0.717) is 28.1 Å². The van der Waals surface area contributed by atoms with Crippen molar-refractivity contribution in [3.05, 3.63) is 30.1 Å². The highest BCUT2D eigenvalue weighted by Crippen LogP contribution is 2.41. The molecule has 0 radical (unpaired) electrons. The first-order chi connectivity index (χ1) is 11.1. The molecule has 4 rings (SSSR count). The summed E-state index contributed by atoms with van der Waals surface area (Å²) < 4.78 is 29.8. The van der Waals surface area contributed by atoms with E-state index in [4.69, 9.17) is 0 Å². The minimum absolute atomic E-state index is 0.292. The monoisotopic (exact) mass is 336 g/mol. The first-order valence-electron chi connectivity index (χ1n) is 7.34. The summed E-state index contributed by atoms with van der Waals surface area (Å²) in [5, 5.41) is 12.0. The number of imidazole rings is 1. The van der Waals surface area contributed by atoms with Gasteiger partial charge in [0.1, 0.15) is 5.82 Å². The Morgan fingerprint density at radius 3 is 2.78 bits per heavy atom. The molecule has 2 aromatic heterocycles. The van der Waals surface area contributed by atoms with E-state index >= 15 is 0 Å². The Bertz CT molecular complexity index is 841. The number of tetrazole rings is 1. The van der Waals surface area contributed by atoms with E-state index in [2.05, 4.69) is 20.5 Å². The molecule has 6 nitrogen and oxygen atoms in total. The smallest absolute Gasteiger partial charge is 0.269 e. The summed E-state index contributed by atoms with van der Waals surface area (Å²) in [6.45, 7) is -0.795. The summed E-state index contributed by atoms with van der Waals surface area (Å²) in [5.41, 5.74) is 1.00.